The molecule has 0 bridgehead atoms. The summed E-state index contributed by atoms with van der Waals surface area (Å²) >= 11 is 0. The van der Waals surface area contributed by atoms with Crippen LogP contribution in [0.4, 0.5) is 0 Å². The average Bonchev–Trinajstić information content (AvgIpc) is 2.70. The van der Waals surface area contributed by atoms with E-state index in [0.717, 1.165) is 6.42 Å². The third kappa shape index (κ3) is 2.61. The molecule has 0 heterocycles. The zero-order valence-corrected chi connectivity index (χ0v) is 13.6. The van der Waals surface area contributed by atoms with Crippen LogP contribution in [0.3, 0.4) is 0 Å². The quantitative estimate of drug-likeness (QED) is 0.555. The Labute approximate surface area is 143 Å². The van der Waals surface area contributed by atoms with E-state index in [0.29, 0.717) is 0 Å². The van der Waals surface area contributed by atoms with Crippen LogP contribution in [-0.2, 0) is 5.41 Å². The Morgan fingerprint density at radius 3 is 1.62 bits per heavy atom. The molecule has 0 aromatic heterocycles. The molecule has 0 aliphatic heterocycles. The molecule has 4 rings (SSSR count). The third-order valence-electron chi connectivity index (χ3n) is 4.87. The first-order valence-electron chi connectivity index (χ1n) is 8.43. The normalized spacial score (nSPS) is 15.8. The van der Waals surface area contributed by atoms with Gasteiger partial charge in [-0.15, -0.1) is 0 Å². The van der Waals surface area contributed by atoms with Crippen molar-refractivity contribution in [2.45, 2.75) is 11.8 Å². The molecule has 1 aliphatic carbocycles. The maximum Gasteiger partial charge on any atom is 0.0425 e. The molecule has 0 nitrogen and oxygen atoms in total. The lowest BCUT2D eigenvalue weighted by atomic mass is 9.67. The molecule has 0 atom stereocenters. The summed E-state index contributed by atoms with van der Waals surface area (Å²) in [7, 11) is 0. The van der Waals surface area contributed by atoms with Crippen LogP contribution in [0.2, 0.25) is 0 Å². The van der Waals surface area contributed by atoms with E-state index in [2.05, 4.69) is 109 Å². The molecule has 1 aliphatic rings. The van der Waals surface area contributed by atoms with Gasteiger partial charge in [0.25, 0.3) is 0 Å². The van der Waals surface area contributed by atoms with E-state index in [4.69, 9.17) is 0 Å². The molecular weight excluding hydrogens is 288 g/mol. The Bertz CT molecular complexity index is 816. The summed E-state index contributed by atoms with van der Waals surface area (Å²) in [4.78, 5) is 0. The summed E-state index contributed by atoms with van der Waals surface area (Å²) < 4.78 is 0. The van der Waals surface area contributed by atoms with Crippen LogP contribution < -0.4 is 0 Å². The van der Waals surface area contributed by atoms with Gasteiger partial charge >= 0.3 is 0 Å². The van der Waals surface area contributed by atoms with Gasteiger partial charge in [0.2, 0.25) is 0 Å². The molecule has 0 N–H and O–H groups in total. The van der Waals surface area contributed by atoms with Gasteiger partial charge in [0.15, 0.2) is 0 Å². The number of allylic oxidation sites excluding steroid dienone is 4. The Hall–Kier alpha value is -2.86. The van der Waals surface area contributed by atoms with Crippen LogP contribution in [0.15, 0.2) is 109 Å². The molecule has 0 unspecified atom stereocenters. The molecule has 0 spiro atoms. The molecule has 3 aromatic rings. The van der Waals surface area contributed by atoms with Gasteiger partial charge in [0.05, 0.1) is 0 Å². The molecule has 0 amide bonds. The Balaban J connectivity index is 1.85. The molecule has 24 heavy (non-hydrogen) atoms. The predicted octanol–water partition coefficient (Wildman–Crippen LogP) is 6.02. The largest absolute Gasteiger partial charge is 0.0693 e. The highest BCUT2D eigenvalue weighted by Crippen LogP contribution is 2.44. The van der Waals surface area contributed by atoms with Gasteiger partial charge in [-0.3, -0.25) is 0 Å². The predicted molar refractivity (Wildman–Crippen MR) is 102 cm³/mol. The maximum absolute atomic E-state index is 2.35. The number of hydrogen-bond donors (Lipinski definition) is 0. The van der Waals surface area contributed by atoms with E-state index in [9.17, 15) is 0 Å². The highest BCUT2D eigenvalue weighted by atomic mass is 14.4. The van der Waals surface area contributed by atoms with Crippen LogP contribution >= 0.6 is 0 Å². The SMILES string of the molecule is C1=CC(c2ccccc2)(c2ccccc2)CC(c2ccccc2)=C1. The van der Waals surface area contributed by atoms with Gasteiger partial charge in [-0.2, -0.15) is 0 Å². The fraction of sp³-hybridized carbons (Fsp3) is 0.0833. The smallest absolute Gasteiger partial charge is 0.0425 e. The number of hydrogen-bond acceptors (Lipinski definition) is 0. The van der Waals surface area contributed by atoms with Gasteiger partial charge in [0, 0.05) is 5.41 Å². The van der Waals surface area contributed by atoms with Crippen LogP contribution in [0, 0.1) is 0 Å². The van der Waals surface area contributed by atoms with E-state index in [1.807, 2.05) is 0 Å². The average molecular weight is 308 g/mol. The van der Waals surface area contributed by atoms with Crippen molar-refractivity contribution in [3.05, 3.63) is 126 Å². The summed E-state index contributed by atoms with van der Waals surface area (Å²) in [6, 6.07) is 32.4. The van der Waals surface area contributed by atoms with Gasteiger partial charge in [0.1, 0.15) is 0 Å². The van der Waals surface area contributed by atoms with Crippen molar-refractivity contribution in [2.24, 2.45) is 0 Å². The lowest BCUT2D eigenvalue weighted by Crippen LogP contribution is -2.27. The summed E-state index contributed by atoms with van der Waals surface area (Å²) in [5.41, 5.74) is 5.26. The summed E-state index contributed by atoms with van der Waals surface area (Å²) in [5.74, 6) is 0. The lowest BCUT2D eigenvalue weighted by molar-refractivity contribution is 0.658. The first kappa shape index (κ1) is 14.7. The topological polar surface area (TPSA) is 0 Å². The summed E-state index contributed by atoms with van der Waals surface area (Å²) in [5, 5.41) is 0. The highest BCUT2D eigenvalue weighted by Gasteiger charge is 2.34. The zero-order chi connectivity index (χ0) is 16.2. The zero-order valence-electron chi connectivity index (χ0n) is 13.6. The first-order chi connectivity index (χ1) is 11.9. The van der Waals surface area contributed by atoms with Gasteiger partial charge in [-0.05, 0) is 28.7 Å². The van der Waals surface area contributed by atoms with Crippen molar-refractivity contribution in [3.8, 4) is 0 Å². The summed E-state index contributed by atoms with van der Waals surface area (Å²) in [6.07, 6.45) is 7.79. The fourth-order valence-corrected chi connectivity index (χ4v) is 3.63. The van der Waals surface area contributed by atoms with Gasteiger partial charge < -0.3 is 0 Å². The standard InChI is InChI=1S/C24H20/c1-4-11-20(12-5-1)21-13-10-18-24(19-21,22-14-6-2-7-15-22)23-16-8-3-9-17-23/h1-18H,19H2. The number of rotatable bonds is 3. The second kappa shape index (κ2) is 6.33. The number of benzene rings is 3. The van der Waals surface area contributed by atoms with E-state index < -0.39 is 0 Å². The molecule has 0 heteroatoms. The Kier molecular flexibility index (Phi) is 3.88. The van der Waals surface area contributed by atoms with Crippen molar-refractivity contribution in [1.82, 2.24) is 0 Å². The minimum absolute atomic E-state index is 0.109. The van der Waals surface area contributed by atoms with E-state index in [-0.39, 0.29) is 5.41 Å². The van der Waals surface area contributed by atoms with Crippen LogP contribution in [0.5, 0.6) is 0 Å². The molecule has 0 saturated heterocycles. The minimum atomic E-state index is -0.109. The van der Waals surface area contributed by atoms with Crippen LogP contribution in [0.25, 0.3) is 5.57 Å². The molecule has 3 aromatic carbocycles. The van der Waals surface area contributed by atoms with E-state index in [1.165, 1.54) is 22.3 Å². The van der Waals surface area contributed by atoms with Crippen LogP contribution in [0.1, 0.15) is 23.1 Å². The third-order valence-corrected chi connectivity index (χ3v) is 4.87. The van der Waals surface area contributed by atoms with Crippen molar-refractivity contribution in [3.63, 3.8) is 0 Å². The second-order valence-electron chi connectivity index (χ2n) is 6.30. The molecule has 0 fully saturated rings. The lowest BCUT2D eigenvalue weighted by Gasteiger charge is -2.35. The Morgan fingerprint density at radius 2 is 1.08 bits per heavy atom. The molecule has 0 saturated carbocycles. The maximum atomic E-state index is 2.35. The molecule has 0 radical (unpaired) electrons. The summed E-state index contributed by atoms with van der Waals surface area (Å²) in [6.45, 7) is 0. The Morgan fingerprint density at radius 1 is 0.583 bits per heavy atom. The van der Waals surface area contributed by atoms with Crippen molar-refractivity contribution in [1.29, 1.82) is 0 Å². The van der Waals surface area contributed by atoms with E-state index >= 15 is 0 Å². The minimum Gasteiger partial charge on any atom is -0.0693 e. The highest BCUT2D eigenvalue weighted by molar-refractivity contribution is 5.72. The van der Waals surface area contributed by atoms with Crippen LogP contribution in [-0.4, -0.2) is 0 Å². The van der Waals surface area contributed by atoms with Crippen molar-refractivity contribution >= 4 is 5.57 Å². The van der Waals surface area contributed by atoms with Crippen molar-refractivity contribution in [2.75, 3.05) is 0 Å². The van der Waals surface area contributed by atoms with E-state index in [1.54, 1.807) is 0 Å². The van der Waals surface area contributed by atoms with Crippen molar-refractivity contribution < 1.29 is 0 Å². The van der Waals surface area contributed by atoms with Gasteiger partial charge in [-0.25, -0.2) is 0 Å². The second-order valence-corrected chi connectivity index (χ2v) is 6.30. The van der Waals surface area contributed by atoms with Gasteiger partial charge in [-0.1, -0.05) is 109 Å². The molecule has 116 valence electrons. The molecular formula is C24H20. The monoisotopic (exact) mass is 308 g/mol. The first-order valence-corrected chi connectivity index (χ1v) is 8.43. The fourth-order valence-electron chi connectivity index (χ4n) is 3.63.